The Bertz CT molecular complexity index is 577. The lowest BCUT2D eigenvalue weighted by atomic mass is 10.2. The van der Waals surface area contributed by atoms with E-state index in [0.717, 1.165) is 22.5 Å². The summed E-state index contributed by atoms with van der Waals surface area (Å²) in [6.07, 6.45) is 2.42. The van der Waals surface area contributed by atoms with Crippen LogP contribution in [-0.4, -0.2) is 21.9 Å². The number of nitrogens with two attached hydrogens (primary N) is 1. The molecule has 20 heavy (non-hydrogen) atoms. The minimum atomic E-state index is 0.451. The maximum absolute atomic E-state index is 5.72. The molecular weight excluding hydrogens is 272 g/mol. The van der Waals surface area contributed by atoms with Crippen LogP contribution in [0, 0.1) is 0 Å². The van der Waals surface area contributed by atoms with Crippen LogP contribution in [0.3, 0.4) is 0 Å². The summed E-state index contributed by atoms with van der Waals surface area (Å²) in [5.41, 5.74) is 6.97. The van der Waals surface area contributed by atoms with Gasteiger partial charge >= 0.3 is 0 Å². The molecule has 0 amide bonds. The SMILES string of the molecule is COc1ccc(CSc2nnc(CN)n2C2CC2)cc1. The first kappa shape index (κ1) is 13.5. The van der Waals surface area contributed by atoms with Crippen molar-refractivity contribution in [1.82, 2.24) is 14.8 Å². The minimum Gasteiger partial charge on any atom is -0.497 e. The first-order chi connectivity index (χ1) is 9.81. The van der Waals surface area contributed by atoms with Gasteiger partial charge in [-0.25, -0.2) is 0 Å². The molecular formula is C14H18N4OS. The molecule has 1 aliphatic carbocycles. The molecule has 0 unspecified atom stereocenters. The maximum atomic E-state index is 5.72. The van der Waals surface area contributed by atoms with Crippen LogP contribution < -0.4 is 10.5 Å². The second kappa shape index (κ2) is 5.85. The molecule has 0 atom stereocenters. The summed E-state index contributed by atoms with van der Waals surface area (Å²) in [6.45, 7) is 0.451. The van der Waals surface area contributed by atoms with Crippen molar-refractivity contribution in [3.05, 3.63) is 35.7 Å². The molecule has 1 heterocycles. The van der Waals surface area contributed by atoms with E-state index in [4.69, 9.17) is 10.5 Å². The number of nitrogens with zero attached hydrogens (tertiary/aromatic N) is 3. The van der Waals surface area contributed by atoms with Gasteiger partial charge in [-0.2, -0.15) is 0 Å². The molecule has 0 radical (unpaired) electrons. The molecule has 1 fully saturated rings. The fourth-order valence-electron chi connectivity index (χ4n) is 2.11. The number of aromatic nitrogens is 3. The van der Waals surface area contributed by atoms with Gasteiger partial charge in [-0.05, 0) is 30.5 Å². The standard InChI is InChI=1S/C14H18N4OS/c1-19-12-6-2-10(3-7-12)9-20-14-17-16-13(8-15)18(14)11-4-5-11/h2-3,6-7,11H,4-5,8-9,15H2,1H3. The summed E-state index contributed by atoms with van der Waals surface area (Å²) in [6, 6.07) is 8.67. The van der Waals surface area contributed by atoms with E-state index in [1.165, 1.54) is 18.4 Å². The average molecular weight is 290 g/mol. The molecule has 2 aromatic rings. The third kappa shape index (κ3) is 2.81. The van der Waals surface area contributed by atoms with E-state index in [2.05, 4.69) is 26.9 Å². The molecule has 0 saturated heterocycles. The second-order valence-corrected chi connectivity index (χ2v) is 5.78. The van der Waals surface area contributed by atoms with Gasteiger partial charge in [0.1, 0.15) is 11.6 Å². The van der Waals surface area contributed by atoms with Crippen molar-refractivity contribution in [3.63, 3.8) is 0 Å². The highest BCUT2D eigenvalue weighted by Gasteiger charge is 2.29. The predicted molar refractivity (Wildman–Crippen MR) is 78.7 cm³/mol. The zero-order valence-corrected chi connectivity index (χ0v) is 12.3. The molecule has 0 aliphatic heterocycles. The smallest absolute Gasteiger partial charge is 0.191 e. The molecule has 1 aliphatic rings. The van der Waals surface area contributed by atoms with Gasteiger partial charge < -0.3 is 15.0 Å². The van der Waals surface area contributed by atoms with Gasteiger partial charge in [0, 0.05) is 11.8 Å². The highest BCUT2D eigenvalue weighted by molar-refractivity contribution is 7.98. The van der Waals surface area contributed by atoms with Crippen LogP contribution in [-0.2, 0) is 12.3 Å². The number of methoxy groups -OCH3 is 1. The van der Waals surface area contributed by atoms with Crippen molar-refractivity contribution >= 4 is 11.8 Å². The van der Waals surface area contributed by atoms with E-state index in [9.17, 15) is 0 Å². The number of hydrogen-bond donors (Lipinski definition) is 1. The van der Waals surface area contributed by atoms with E-state index >= 15 is 0 Å². The highest BCUT2D eigenvalue weighted by Crippen LogP contribution is 2.39. The molecule has 5 nitrogen and oxygen atoms in total. The summed E-state index contributed by atoms with van der Waals surface area (Å²) in [4.78, 5) is 0. The summed E-state index contributed by atoms with van der Waals surface area (Å²) in [7, 11) is 1.68. The fraction of sp³-hybridized carbons (Fsp3) is 0.429. The van der Waals surface area contributed by atoms with Crippen molar-refractivity contribution < 1.29 is 4.74 Å². The molecule has 0 bridgehead atoms. The van der Waals surface area contributed by atoms with Gasteiger partial charge in [0.15, 0.2) is 5.16 Å². The van der Waals surface area contributed by atoms with Crippen molar-refractivity contribution in [3.8, 4) is 5.75 Å². The summed E-state index contributed by atoms with van der Waals surface area (Å²) in [5, 5.41) is 9.43. The Labute approximate surface area is 122 Å². The van der Waals surface area contributed by atoms with Crippen LogP contribution in [0.2, 0.25) is 0 Å². The molecule has 1 aromatic carbocycles. The zero-order valence-electron chi connectivity index (χ0n) is 11.5. The maximum Gasteiger partial charge on any atom is 0.191 e. The Morgan fingerprint density at radius 2 is 2.05 bits per heavy atom. The van der Waals surface area contributed by atoms with Gasteiger partial charge in [0.2, 0.25) is 0 Å². The first-order valence-corrected chi connectivity index (χ1v) is 7.70. The van der Waals surface area contributed by atoms with Crippen LogP contribution >= 0.6 is 11.8 Å². The molecule has 3 rings (SSSR count). The molecule has 106 valence electrons. The fourth-order valence-corrected chi connectivity index (χ4v) is 3.09. The lowest BCUT2D eigenvalue weighted by Gasteiger charge is -2.07. The molecule has 1 saturated carbocycles. The lowest BCUT2D eigenvalue weighted by molar-refractivity contribution is 0.414. The van der Waals surface area contributed by atoms with E-state index in [0.29, 0.717) is 12.6 Å². The predicted octanol–water partition coefficient (Wildman–Crippen LogP) is 2.37. The Hall–Kier alpha value is -1.53. The van der Waals surface area contributed by atoms with E-state index < -0.39 is 0 Å². The van der Waals surface area contributed by atoms with Crippen molar-refractivity contribution in [1.29, 1.82) is 0 Å². The Balaban J connectivity index is 1.69. The lowest BCUT2D eigenvalue weighted by Crippen LogP contribution is -2.08. The highest BCUT2D eigenvalue weighted by atomic mass is 32.2. The van der Waals surface area contributed by atoms with Crippen LogP contribution in [0.15, 0.2) is 29.4 Å². The largest absolute Gasteiger partial charge is 0.497 e. The minimum absolute atomic E-state index is 0.451. The van der Waals surface area contributed by atoms with Gasteiger partial charge in [-0.15, -0.1) is 10.2 Å². The van der Waals surface area contributed by atoms with Gasteiger partial charge in [-0.1, -0.05) is 23.9 Å². The number of thioether (sulfide) groups is 1. The van der Waals surface area contributed by atoms with Crippen molar-refractivity contribution in [2.75, 3.05) is 7.11 Å². The van der Waals surface area contributed by atoms with Crippen LogP contribution in [0.25, 0.3) is 0 Å². The van der Waals surface area contributed by atoms with Crippen LogP contribution in [0.1, 0.15) is 30.3 Å². The van der Waals surface area contributed by atoms with Crippen molar-refractivity contribution in [2.24, 2.45) is 5.73 Å². The van der Waals surface area contributed by atoms with Gasteiger partial charge in [0.05, 0.1) is 13.7 Å². The van der Waals surface area contributed by atoms with Gasteiger partial charge in [-0.3, -0.25) is 0 Å². The van der Waals surface area contributed by atoms with E-state index in [1.54, 1.807) is 18.9 Å². The zero-order chi connectivity index (χ0) is 13.9. The Morgan fingerprint density at radius 3 is 2.65 bits per heavy atom. The second-order valence-electron chi connectivity index (χ2n) is 4.84. The Morgan fingerprint density at radius 1 is 1.30 bits per heavy atom. The normalized spacial score (nSPS) is 14.5. The molecule has 2 N–H and O–H groups in total. The van der Waals surface area contributed by atoms with Crippen LogP contribution in [0.4, 0.5) is 0 Å². The number of benzene rings is 1. The first-order valence-electron chi connectivity index (χ1n) is 6.71. The number of rotatable bonds is 6. The van der Waals surface area contributed by atoms with Crippen molar-refractivity contribution in [2.45, 2.75) is 36.3 Å². The van der Waals surface area contributed by atoms with E-state index in [-0.39, 0.29) is 0 Å². The third-order valence-corrected chi connectivity index (χ3v) is 4.37. The summed E-state index contributed by atoms with van der Waals surface area (Å²) < 4.78 is 7.36. The molecule has 0 spiro atoms. The average Bonchev–Trinajstić information content (AvgIpc) is 3.25. The number of ether oxygens (including phenoxy) is 1. The molecule has 6 heteroatoms. The molecule has 1 aromatic heterocycles. The monoisotopic (exact) mass is 290 g/mol. The quantitative estimate of drug-likeness (QED) is 0.827. The van der Waals surface area contributed by atoms with Crippen LogP contribution in [0.5, 0.6) is 5.75 Å². The van der Waals surface area contributed by atoms with E-state index in [1.807, 2.05) is 12.1 Å². The summed E-state index contributed by atoms with van der Waals surface area (Å²) in [5.74, 6) is 2.65. The topological polar surface area (TPSA) is 66.0 Å². The number of hydrogen-bond acceptors (Lipinski definition) is 5. The van der Waals surface area contributed by atoms with Gasteiger partial charge in [0.25, 0.3) is 0 Å². The summed E-state index contributed by atoms with van der Waals surface area (Å²) >= 11 is 1.71. The Kier molecular flexibility index (Phi) is 3.93. The third-order valence-electron chi connectivity index (χ3n) is 3.36.